The van der Waals surface area contributed by atoms with E-state index in [9.17, 15) is 21.6 Å². The van der Waals surface area contributed by atoms with Gasteiger partial charge in [0.1, 0.15) is 0 Å². The van der Waals surface area contributed by atoms with Gasteiger partial charge >= 0.3 is 6.18 Å². The lowest BCUT2D eigenvalue weighted by atomic mass is 10.2. The predicted octanol–water partition coefficient (Wildman–Crippen LogP) is 1.85. The number of aryl methyl sites for hydroxylation is 1. The van der Waals surface area contributed by atoms with Crippen LogP contribution >= 0.6 is 0 Å². The first-order valence-electron chi connectivity index (χ1n) is 6.17. The molecule has 0 radical (unpaired) electrons. The van der Waals surface area contributed by atoms with Crippen LogP contribution in [0.15, 0.2) is 6.07 Å². The summed E-state index contributed by atoms with van der Waals surface area (Å²) in [5.74, 6) is 0. The second-order valence-electron chi connectivity index (χ2n) is 5.17. The fourth-order valence-electron chi connectivity index (χ4n) is 2.59. The van der Waals surface area contributed by atoms with Crippen molar-refractivity contribution in [2.75, 3.05) is 6.26 Å². The van der Waals surface area contributed by atoms with Crippen molar-refractivity contribution >= 4 is 10.0 Å². The first-order chi connectivity index (χ1) is 9.06. The summed E-state index contributed by atoms with van der Waals surface area (Å²) in [5.41, 5.74) is -0.475. The van der Waals surface area contributed by atoms with Crippen molar-refractivity contribution in [3.05, 3.63) is 17.5 Å². The molecule has 5 nitrogen and oxygen atoms in total. The van der Waals surface area contributed by atoms with E-state index in [1.54, 1.807) is 6.92 Å². The van der Waals surface area contributed by atoms with Crippen LogP contribution in [0.1, 0.15) is 36.7 Å². The normalized spacial score (nSPS) is 24.2. The van der Waals surface area contributed by atoms with Gasteiger partial charge in [0.05, 0.1) is 12.3 Å². The van der Waals surface area contributed by atoms with Gasteiger partial charge < -0.3 is 0 Å². The Labute approximate surface area is 115 Å². The van der Waals surface area contributed by atoms with Gasteiger partial charge in [0.2, 0.25) is 10.0 Å². The summed E-state index contributed by atoms with van der Waals surface area (Å²) >= 11 is 0. The van der Waals surface area contributed by atoms with E-state index in [2.05, 4.69) is 9.82 Å². The van der Waals surface area contributed by atoms with Crippen molar-refractivity contribution in [1.29, 1.82) is 0 Å². The van der Waals surface area contributed by atoms with E-state index in [1.165, 1.54) is 4.68 Å². The largest absolute Gasteiger partial charge is 0.435 e. The summed E-state index contributed by atoms with van der Waals surface area (Å²) in [5, 5.41) is 3.61. The fourth-order valence-corrected chi connectivity index (χ4v) is 3.41. The minimum Gasteiger partial charge on any atom is -0.266 e. The standard InChI is InChI=1S/C11H16F3N3O2S/c1-7-5-10(11(12,13)14)15-17(7)9-4-3-8(6-9)16-20(2,18)19/h5,8-9,16H,3-4,6H2,1-2H3. The monoisotopic (exact) mass is 311 g/mol. The molecular formula is C11H16F3N3O2S. The third-order valence-corrected chi connectivity index (χ3v) is 4.11. The molecule has 0 saturated heterocycles. The van der Waals surface area contributed by atoms with Crippen LogP contribution in [-0.2, 0) is 16.2 Å². The topological polar surface area (TPSA) is 64.0 Å². The number of hydrogen-bond acceptors (Lipinski definition) is 3. The molecule has 1 N–H and O–H groups in total. The molecule has 1 aromatic rings. The van der Waals surface area contributed by atoms with Crippen molar-refractivity contribution in [2.24, 2.45) is 0 Å². The first kappa shape index (κ1) is 15.3. The second-order valence-corrected chi connectivity index (χ2v) is 6.95. The quantitative estimate of drug-likeness (QED) is 0.926. The van der Waals surface area contributed by atoms with Crippen LogP contribution in [0.5, 0.6) is 0 Å². The molecule has 2 unspecified atom stereocenters. The molecule has 114 valence electrons. The van der Waals surface area contributed by atoms with Crippen molar-refractivity contribution in [2.45, 2.75) is 44.4 Å². The summed E-state index contributed by atoms with van der Waals surface area (Å²) in [6.45, 7) is 1.57. The molecule has 1 aromatic heterocycles. The highest BCUT2D eigenvalue weighted by atomic mass is 32.2. The fraction of sp³-hybridized carbons (Fsp3) is 0.727. The lowest BCUT2D eigenvalue weighted by molar-refractivity contribution is -0.141. The molecule has 1 heterocycles. The molecule has 0 aliphatic heterocycles. The van der Waals surface area contributed by atoms with Crippen molar-refractivity contribution in [3.8, 4) is 0 Å². The molecule has 1 aliphatic carbocycles. The number of sulfonamides is 1. The Bertz CT molecular complexity index is 595. The van der Waals surface area contributed by atoms with Gasteiger partial charge in [-0.2, -0.15) is 18.3 Å². The molecule has 2 atom stereocenters. The van der Waals surface area contributed by atoms with E-state index in [4.69, 9.17) is 0 Å². The number of hydrogen-bond donors (Lipinski definition) is 1. The summed E-state index contributed by atoms with van der Waals surface area (Å²) in [4.78, 5) is 0. The highest BCUT2D eigenvalue weighted by Gasteiger charge is 2.36. The molecule has 0 bridgehead atoms. The maximum atomic E-state index is 12.6. The van der Waals surface area contributed by atoms with Crippen LogP contribution in [-0.4, -0.2) is 30.5 Å². The number of alkyl halides is 3. The van der Waals surface area contributed by atoms with Gasteiger partial charge in [0, 0.05) is 11.7 Å². The van der Waals surface area contributed by atoms with E-state index < -0.39 is 21.9 Å². The van der Waals surface area contributed by atoms with Crippen LogP contribution in [0.2, 0.25) is 0 Å². The average Bonchev–Trinajstić information content (AvgIpc) is 2.81. The van der Waals surface area contributed by atoms with E-state index in [0.717, 1.165) is 12.3 Å². The molecule has 1 fully saturated rings. The minimum absolute atomic E-state index is 0.203. The van der Waals surface area contributed by atoms with Crippen LogP contribution in [0.3, 0.4) is 0 Å². The number of halogens is 3. The third-order valence-electron chi connectivity index (χ3n) is 3.34. The van der Waals surface area contributed by atoms with Crippen molar-refractivity contribution < 1.29 is 21.6 Å². The number of nitrogens with one attached hydrogen (secondary N) is 1. The molecule has 0 spiro atoms. The van der Waals surface area contributed by atoms with Crippen LogP contribution < -0.4 is 4.72 Å². The minimum atomic E-state index is -4.46. The Morgan fingerprint density at radius 2 is 2.05 bits per heavy atom. The van der Waals surface area contributed by atoms with Crippen molar-refractivity contribution in [1.82, 2.24) is 14.5 Å². The van der Waals surface area contributed by atoms with E-state index in [1.807, 2.05) is 0 Å². The van der Waals surface area contributed by atoms with Gasteiger partial charge in [-0.3, -0.25) is 4.68 Å². The van der Waals surface area contributed by atoms with E-state index in [0.29, 0.717) is 25.0 Å². The lowest BCUT2D eigenvalue weighted by Gasteiger charge is -2.14. The van der Waals surface area contributed by atoms with Gasteiger partial charge in [0.15, 0.2) is 5.69 Å². The average molecular weight is 311 g/mol. The molecule has 1 saturated carbocycles. The molecule has 2 rings (SSSR count). The molecule has 9 heteroatoms. The lowest BCUT2D eigenvalue weighted by Crippen LogP contribution is -2.32. The van der Waals surface area contributed by atoms with E-state index >= 15 is 0 Å². The predicted molar refractivity (Wildman–Crippen MR) is 66.6 cm³/mol. The SMILES string of the molecule is Cc1cc(C(F)(F)F)nn1C1CCC(NS(C)(=O)=O)C1. The highest BCUT2D eigenvalue weighted by molar-refractivity contribution is 7.88. The zero-order chi connectivity index (χ0) is 15.1. The maximum Gasteiger partial charge on any atom is 0.435 e. The summed E-state index contributed by atoms with van der Waals surface area (Å²) in [6, 6.07) is 0.565. The summed E-state index contributed by atoms with van der Waals surface area (Å²) < 4.78 is 63.9. The van der Waals surface area contributed by atoms with Crippen molar-refractivity contribution in [3.63, 3.8) is 0 Å². The van der Waals surface area contributed by atoms with Crippen LogP contribution in [0.4, 0.5) is 13.2 Å². The number of nitrogens with zero attached hydrogens (tertiary/aromatic N) is 2. The van der Waals surface area contributed by atoms with E-state index in [-0.39, 0.29) is 12.1 Å². The van der Waals surface area contributed by atoms with Gasteiger partial charge in [-0.05, 0) is 32.3 Å². The highest BCUT2D eigenvalue weighted by Crippen LogP contribution is 2.34. The number of rotatable bonds is 3. The Morgan fingerprint density at radius 1 is 1.40 bits per heavy atom. The molecule has 0 aromatic carbocycles. The van der Waals surface area contributed by atoms with Crippen LogP contribution in [0, 0.1) is 6.92 Å². The zero-order valence-corrected chi connectivity index (χ0v) is 11.9. The second kappa shape index (κ2) is 5.03. The summed E-state index contributed by atoms with van der Waals surface area (Å²) in [7, 11) is -3.30. The van der Waals surface area contributed by atoms with Gasteiger partial charge in [-0.1, -0.05) is 0 Å². The molecule has 20 heavy (non-hydrogen) atoms. The zero-order valence-electron chi connectivity index (χ0n) is 11.1. The Morgan fingerprint density at radius 3 is 2.55 bits per heavy atom. The maximum absolute atomic E-state index is 12.6. The Hall–Kier alpha value is -1.09. The molecule has 0 amide bonds. The smallest absolute Gasteiger partial charge is 0.266 e. The molecular weight excluding hydrogens is 295 g/mol. The van der Waals surface area contributed by atoms with Gasteiger partial charge in [-0.25, -0.2) is 13.1 Å². The molecule has 1 aliphatic rings. The van der Waals surface area contributed by atoms with Gasteiger partial charge in [-0.15, -0.1) is 0 Å². The van der Waals surface area contributed by atoms with Crippen LogP contribution in [0.25, 0.3) is 0 Å². The Balaban J connectivity index is 2.13. The number of aromatic nitrogens is 2. The summed E-state index contributed by atoms with van der Waals surface area (Å²) in [6.07, 6.45) is -1.74. The van der Waals surface area contributed by atoms with Gasteiger partial charge in [0.25, 0.3) is 0 Å². The Kier molecular flexibility index (Phi) is 3.85. The third kappa shape index (κ3) is 3.51. The first-order valence-corrected chi connectivity index (χ1v) is 8.06.